The molecule has 2 aromatic rings. The van der Waals surface area contributed by atoms with Gasteiger partial charge in [0.2, 0.25) is 11.8 Å². The number of carbonyl (C=O) groups is 2. The van der Waals surface area contributed by atoms with Gasteiger partial charge >= 0.3 is 0 Å². The lowest BCUT2D eigenvalue weighted by Crippen LogP contribution is -2.51. The Bertz CT molecular complexity index is 1080. The third kappa shape index (κ3) is 6.48. The molecule has 37 heavy (non-hydrogen) atoms. The van der Waals surface area contributed by atoms with E-state index >= 15 is 0 Å². The SMILES string of the molecule is COc1cncc(C(C(=O)NC2CCCCC2)N(C(=O)[C@H]2C[C@@H](O)CN2)c2ccc(C(C)(C)C)cc2)c1. The average Bonchev–Trinajstić information content (AvgIpc) is 3.33. The highest BCUT2D eigenvalue weighted by Crippen LogP contribution is 2.33. The molecular formula is C29H40N4O4. The molecule has 8 heteroatoms. The first kappa shape index (κ1) is 27.1. The number of aliphatic hydroxyl groups is 1. The van der Waals surface area contributed by atoms with Crippen molar-refractivity contribution in [2.75, 3.05) is 18.6 Å². The minimum absolute atomic E-state index is 0.0566. The normalized spacial score (nSPS) is 21.3. The van der Waals surface area contributed by atoms with Gasteiger partial charge in [-0.2, -0.15) is 0 Å². The topological polar surface area (TPSA) is 104 Å². The van der Waals surface area contributed by atoms with Crippen molar-refractivity contribution in [1.29, 1.82) is 0 Å². The summed E-state index contributed by atoms with van der Waals surface area (Å²) < 4.78 is 5.40. The first-order valence-corrected chi connectivity index (χ1v) is 13.3. The molecule has 8 nitrogen and oxygen atoms in total. The second-order valence-corrected chi connectivity index (χ2v) is 11.3. The van der Waals surface area contributed by atoms with Crippen LogP contribution in [-0.4, -0.2) is 53.7 Å². The Hall–Kier alpha value is -2.97. The van der Waals surface area contributed by atoms with Gasteiger partial charge in [0, 0.05) is 30.0 Å². The van der Waals surface area contributed by atoms with Crippen molar-refractivity contribution in [2.45, 2.75) is 88.9 Å². The predicted molar refractivity (Wildman–Crippen MR) is 144 cm³/mol. The lowest BCUT2D eigenvalue weighted by Gasteiger charge is -2.35. The van der Waals surface area contributed by atoms with Crippen molar-refractivity contribution in [3.8, 4) is 5.75 Å². The van der Waals surface area contributed by atoms with Crippen LogP contribution in [0.2, 0.25) is 0 Å². The molecule has 1 saturated carbocycles. The van der Waals surface area contributed by atoms with Crippen LogP contribution in [0.1, 0.15) is 76.5 Å². The standard InChI is InChI=1S/C29H40N4O4/c1-29(2,3)20-10-12-22(13-11-20)33(28(36)25-15-23(34)17-31-25)26(19-14-24(37-4)18-30-16-19)27(35)32-21-8-6-5-7-9-21/h10-14,16,18,21,23,25-26,31,34H,5-9,15,17H2,1-4H3,(H,32,35)/t23-,25-,26?/m1/s1. The highest BCUT2D eigenvalue weighted by molar-refractivity contribution is 6.04. The molecule has 4 rings (SSSR count). The zero-order valence-electron chi connectivity index (χ0n) is 22.4. The molecule has 1 aromatic heterocycles. The number of nitrogens with one attached hydrogen (secondary N) is 2. The van der Waals surface area contributed by atoms with Gasteiger partial charge in [0.05, 0.1) is 25.5 Å². The molecule has 0 radical (unpaired) electrons. The zero-order chi connectivity index (χ0) is 26.6. The summed E-state index contributed by atoms with van der Waals surface area (Å²) in [5, 5.41) is 16.5. The number of anilines is 1. The van der Waals surface area contributed by atoms with Gasteiger partial charge in [-0.25, -0.2) is 0 Å². The molecule has 3 atom stereocenters. The van der Waals surface area contributed by atoms with Crippen molar-refractivity contribution >= 4 is 17.5 Å². The van der Waals surface area contributed by atoms with E-state index < -0.39 is 18.2 Å². The maximum absolute atomic E-state index is 14.1. The quantitative estimate of drug-likeness (QED) is 0.528. The number of hydrogen-bond acceptors (Lipinski definition) is 6. The second-order valence-electron chi connectivity index (χ2n) is 11.3. The number of pyridine rings is 1. The Labute approximate surface area is 219 Å². The van der Waals surface area contributed by atoms with Crippen molar-refractivity contribution < 1.29 is 19.4 Å². The number of methoxy groups -OCH3 is 1. The summed E-state index contributed by atoms with van der Waals surface area (Å²) in [6.07, 6.45) is 8.09. The maximum atomic E-state index is 14.1. The summed E-state index contributed by atoms with van der Waals surface area (Å²) in [5.74, 6) is 0.0123. The van der Waals surface area contributed by atoms with Gasteiger partial charge in [0.25, 0.3) is 0 Å². The van der Waals surface area contributed by atoms with E-state index in [1.54, 1.807) is 30.5 Å². The van der Waals surface area contributed by atoms with E-state index in [1.807, 2.05) is 24.3 Å². The highest BCUT2D eigenvalue weighted by atomic mass is 16.5. The summed E-state index contributed by atoms with van der Waals surface area (Å²) in [6, 6.07) is 8.11. The summed E-state index contributed by atoms with van der Waals surface area (Å²) >= 11 is 0. The van der Waals surface area contributed by atoms with Crippen molar-refractivity contribution in [3.05, 3.63) is 53.9 Å². The summed E-state index contributed by atoms with van der Waals surface area (Å²) in [4.78, 5) is 33.9. The van der Waals surface area contributed by atoms with Crippen molar-refractivity contribution in [3.63, 3.8) is 0 Å². The number of benzene rings is 1. The largest absolute Gasteiger partial charge is 0.495 e. The van der Waals surface area contributed by atoms with E-state index in [0.29, 0.717) is 30.0 Å². The molecule has 2 heterocycles. The molecular weight excluding hydrogens is 468 g/mol. The van der Waals surface area contributed by atoms with E-state index in [0.717, 1.165) is 31.2 Å². The second kappa shape index (κ2) is 11.6. The van der Waals surface area contributed by atoms with Crippen molar-refractivity contribution in [1.82, 2.24) is 15.6 Å². The number of rotatable bonds is 7. The third-order valence-corrected chi connectivity index (χ3v) is 7.40. The predicted octanol–water partition coefficient (Wildman–Crippen LogP) is 3.63. The first-order valence-electron chi connectivity index (χ1n) is 13.3. The number of aromatic nitrogens is 1. The number of carbonyl (C=O) groups excluding carboxylic acids is 2. The number of amides is 2. The van der Waals surface area contributed by atoms with E-state index in [4.69, 9.17) is 4.74 Å². The van der Waals surface area contributed by atoms with Crippen LogP contribution in [0.4, 0.5) is 5.69 Å². The number of hydrogen-bond donors (Lipinski definition) is 3. The fourth-order valence-corrected chi connectivity index (χ4v) is 5.24. The molecule has 0 bridgehead atoms. The molecule has 2 fully saturated rings. The number of aliphatic hydroxyl groups excluding tert-OH is 1. The monoisotopic (exact) mass is 508 g/mol. The first-order chi connectivity index (χ1) is 17.7. The Kier molecular flexibility index (Phi) is 8.49. The Morgan fingerprint density at radius 3 is 2.43 bits per heavy atom. The highest BCUT2D eigenvalue weighted by Gasteiger charge is 2.39. The van der Waals surface area contributed by atoms with Gasteiger partial charge < -0.3 is 20.5 Å². The molecule has 0 spiro atoms. The van der Waals surface area contributed by atoms with Gasteiger partial charge in [0.1, 0.15) is 11.8 Å². The minimum Gasteiger partial charge on any atom is -0.495 e. The molecule has 1 aromatic carbocycles. The van der Waals surface area contributed by atoms with E-state index in [1.165, 1.54) is 6.42 Å². The van der Waals surface area contributed by atoms with Crippen LogP contribution in [0.5, 0.6) is 5.75 Å². The van der Waals surface area contributed by atoms with Crippen LogP contribution in [0.3, 0.4) is 0 Å². The average molecular weight is 509 g/mol. The molecule has 200 valence electrons. The number of β-amino-alcohol motifs (C(OH)–C–C–N with tert-alkyl or cyclic N) is 1. The number of ether oxygens (including phenoxy) is 1. The van der Waals surface area contributed by atoms with E-state index in [-0.39, 0.29) is 23.3 Å². The smallest absolute Gasteiger partial charge is 0.248 e. The summed E-state index contributed by atoms with van der Waals surface area (Å²) in [5.41, 5.74) is 2.26. The molecule has 2 aliphatic rings. The van der Waals surface area contributed by atoms with Gasteiger partial charge in [-0.05, 0) is 48.4 Å². The molecule has 1 saturated heterocycles. The molecule has 2 amide bonds. The van der Waals surface area contributed by atoms with Crippen LogP contribution in [0.15, 0.2) is 42.7 Å². The molecule has 1 unspecified atom stereocenters. The van der Waals surface area contributed by atoms with Crippen LogP contribution < -0.4 is 20.3 Å². The van der Waals surface area contributed by atoms with Crippen molar-refractivity contribution in [2.24, 2.45) is 0 Å². The summed E-state index contributed by atoms with van der Waals surface area (Å²) in [6.45, 7) is 6.75. The Balaban J connectivity index is 1.78. The van der Waals surface area contributed by atoms with E-state index in [9.17, 15) is 14.7 Å². The van der Waals surface area contributed by atoms with Crippen LogP contribution >= 0.6 is 0 Å². The zero-order valence-corrected chi connectivity index (χ0v) is 22.4. The maximum Gasteiger partial charge on any atom is 0.248 e. The van der Waals surface area contributed by atoms with Gasteiger partial charge in [-0.1, -0.05) is 52.2 Å². The molecule has 1 aliphatic heterocycles. The van der Waals surface area contributed by atoms with Gasteiger partial charge in [0.15, 0.2) is 0 Å². The lowest BCUT2D eigenvalue weighted by atomic mass is 9.87. The minimum atomic E-state index is -0.947. The molecule has 3 N–H and O–H groups in total. The Morgan fingerprint density at radius 1 is 1.14 bits per heavy atom. The van der Waals surface area contributed by atoms with Gasteiger partial charge in [-0.3, -0.25) is 19.5 Å². The third-order valence-electron chi connectivity index (χ3n) is 7.40. The van der Waals surface area contributed by atoms with Crippen LogP contribution in [-0.2, 0) is 15.0 Å². The van der Waals surface area contributed by atoms with Gasteiger partial charge in [-0.15, -0.1) is 0 Å². The molecule has 1 aliphatic carbocycles. The fourth-order valence-electron chi connectivity index (χ4n) is 5.24. The van der Waals surface area contributed by atoms with E-state index in [2.05, 4.69) is 36.4 Å². The lowest BCUT2D eigenvalue weighted by molar-refractivity contribution is -0.128. The fraction of sp³-hybridized carbons (Fsp3) is 0.552. The summed E-state index contributed by atoms with van der Waals surface area (Å²) in [7, 11) is 1.55. The van der Waals surface area contributed by atoms with Crippen LogP contribution in [0.25, 0.3) is 0 Å². The number of nitrogens with zero attached hydrogens (tertiary/aromatic N) is 2. The van der Waals surface area contributed by atoms with Crippen LogP contribution in [0, 0.1) is 0 Å². The Morgan fingerprint density at radius 2 is 1.84 bits per heavy atom.